The van der Waals surface area contributed by atoms with Gasteiger partial charge in [0.1, 0.15) is 0 Å². The van der Waals surface area contributed by atoms with Crippen LogP contribution in [0.2, 0.25) is 0 Å². The summed E-state index contributed by atoms with van der Waals surface area (Å²) >= 11 is 3.08. The zero-order valence-electron chi connectivity index (χ0n) is 11.0. The highest BCUT2D eigenvalue weighted by molar-refractivity contribution is 9.09. The van der Waals surface area contributed by atoms with Crippen molar-refractivity contribution in [3.8, 4) is 0 Å². The Kier molecular flexibility index (Phi) is 8.23. The second-order valence-corrected chi connectivity index (χ2v) is 4.98. The predicted molar refractivity (Wildman–Crippen MR) is 74.9 cm³/mol. The molecule has 6 nitrogen and oxygen atoms in total. The van der Waals surface area contributed by atoms with Gasteiger partial charge in [0.05, 0.1) is 12.0 Å². The van der Waals surface area contributed by atoms with E-state index in [0.717, 1.165) is 6.92 Å². The molecule has 1 rings (SSSR count). The monoisotopic (exact) mass is 346 g/mol. The zero-order valence-corrected chi connectivity index (χ0v) is 12.6. The minimum Gasteiger partial charge on any atom is -0.481 e. The number of aliphatic carboxylic acids is 1. The van der Waals surface area contributed by atoms with Gasteiger partial charge in [0.25, 0.3) is 5.97 Å². The van der Waals surface area contributed by atoms with E-state index in [1.807, 2.05) is 0 Å². The fourth-order valence-corrected chi connectivity index (χ4v) is 1.47. The van der Waals surface area contributed by atoms with Crippen LogP contribution in [0, 0.1) is 0 Å². The smallest absolute Gasteiger partial charge is 0.335 e. The summed E-state index contributed by atoms with van der Waals surface area (Å²) in [6.45, 7) is 2.75. The van der Waals surface area contributed by atoms with Gasteiger partial charge in [-0.25, -0.2) is 4.79 Å². The fourth-order valence-electron chi connectivity index (χ4n) is 1.26. The maximum absolute atomic E-state index is 11.4. The van der Waals surface area contributed by atoms with Crippen LogP contribution in [0.1, 0.15) is 29.8 Å². The molecule has 1 unspecified atom stereocenters. The summed E-state index contributed by atoms with van der Waals surface area (Å²) in [5.74, 6) is -2.34. The van der Waals surface area contributed by atoms with Crippen molar-refractivity contribution >= 4 is 33.8 Å². The lowest BCUT2D eigenvalue weighted by atomic mass is 10.1. The van der Waals surface area contributed by atoms with E-state index in [1.54, 1.807) is 25.1 Å². The summed E-state index contributed by atoms with van der Waals surface area (Å²) in [7, 11) is 0. The molecule has 2 N–H and O–H groups in total. The summed E-state index contributed by atoms with van der Waals surface area (Å²) in [6.07, 6.45) is -0.0432. The molecule has 0 aromatic heterocycles. The Morgan fingerprint density at radius 2 is 1.75 bits per heavy atom. The summed E-state index contributed by atoms with van der Waals surface area (Å²) in [5.41, 5.74) is 0.579. The number of carboxylic acids is 2. The standard InChI is InChI=1S/C11H11BrO4.C2H4O2/c1-7(12)16-10(13)6-8-4-2-3-5-9(8)11(14)15;1-2(3)4/h2-5,7H,6H2,1H3,(H,14,15);1H3,(H,3,4). The lowest BCUT2D eigenvalue weighted by Crippen LogP contribution is -2.14. The number of halogens is 1. The molecule has 0 heterocycles. The number of carbonyl (C=O) groups is 3. The first-order chi connectivity index (χ1) is 9.23. The lowest BCUT2D eigenvalue weighted by Gasteiger charge is -2.08. The van der Waals surface area contributed by atoms with Crippen molar-refractivity contribution in [1.82, 2.24) is 0 Å². The van der Waals surface area contributed by atoms with Crippen LogP contribution in [0.3, 0.4) is 0 Å². The Hall–Kier alpha value is -1.89. The van der Waals surface area contributed by atoms with Gasteiger partial charge in [-0.05, 0) is 34.5 Å². The van der Waals surface area contributed by atoms with Crippen LogP contribution in [0.5, 0.6) is 0 Å². The molecule has 0 saturated carbocycles. The topological polar surface area (TPSA) is 101 Å². The van der Waals surface area contributed by atoms with Gasteiger partial charge in [0.2, 0.25) is 0 Å². The lowest BCUT2D eigenvalue weighted by molar-refractivity contribution is -0.143. The Morgan fingerprint density at radius 1 is 1.25 bits per heavy atom. The van der Waals surface area contributed by atoms with E-state index in [1.165, 1.54) is 6.07 Å². The van der Waals surface area contributed by atoms with E-state index >= 15 is 0 Å². The molecule has 0 bridgehead atoms. The molecule has 0 aliphatic heterocycles. The SMILES string of the molecule is CC(=O)O.CC(Br)OC(=O)Cc1ccccc1C(=O)O. The molecule has 0 fully saturated rings. The molecular weight excluding hydrogens is 332 g/mol. The van der Waals surface area contributed by atoms with Crippen molar-refractivity contribution in [3.05, 3.63) is 35.4 Å². The van der Waals surface area contributed by atoms with Crippen LogP contribution >= 0.6 is 15.9 Å². The van der Waals surface area contributed by atoms with Gasteiger partial charge in [-0.3, -0.25) is 9.59 Å². The van der Waals surface area contributed by atoms with Crippen LogP contribution in [-0.4, -0.2) is 33.1 Å². The van der Waals surface area contributed by atoms with Gasteiger partial charge < -0.3 is 14.9 Å². The van der Waals surface area contributed by atoms with E-state index in [2.05, 4.69) is 15.9 Å². The zero-order chi connectivity index (χ0) is 15.7. The molecule has 1 aromatic rings. The highest BCUT2D eigenvalue weighted by atomic mass is 79.9. The summed E-state index contributed by atoms with van der Waals surface area (Å²) in [4.78, 5) is 31.2. The molecule has 0 radical (unpaired) electrons. The van der Waals surface area contributed by atoms with Crippen LogP contribution < -0.4 is 0 Å². The van der Waals surface area contributed by atoms with Gasteiger partial charge in [-0.1, -0.05) is 18.2 Å². The molecule has 0 aliphatic carbocycles. The molecule has 110 valence electrons. The molecule has 0 amide bonds. The first-order valence-electron chi connectivity index (χ1n) is 5.58. The van der Waals surface area contributed by atoms with Crippen molar-refractivity contribution in [2.24, 2.45) is 0 Å². The maximum Gasteiger partial charge on any atom is 0.335 e. The molecule has 7 heteroatoms. The number of alkyl halides is 1. The second kappa shape index (κ2) is 9.08. The third kappa shape index (κ3) is 8.25. The first-order valence-corrected chi connectivity index (χ1v) is 6.50. The van der Waals surface area contributed by atoms with Crippen LogP contribution in [0.15, 0.2) is 24.3 Å². The minimum atomic E-state index is -1.05. The third-order valence-corrected chi connectivity index (χ3v) is 2.06. The quantitative estimate of drug-likeness (QED) is 0.640. The van der Waals surface area contributed by atoms with Crippen LogP contribution in [0.4, 0.5) is 0 Å². The van der Waals surface area contributed by atoms with E-state index in [9.17, 15) is 9.59 Å². The summed E-state index contributed by atoms with van der Waals surface area (Å²) in [6, 6.07) is 6.37. The Labute approximate surface area is 124 Å². The average Bonchev–Trinajstić information content (AvgIpc) is 2.27. The van der Waals surface area contributed by atoms with E-state index in [4.69, 9.17) is 19.7 Å². The molecule has 1 aromatic carbocycles. The highest BCUT2D eigenvalue weighted by Gasteiger charge is 2.14. The Balaban J connectivity index is 0.000000796. The number of aromatic carboxylic acids is 1. The van der Waals surface area contributed by atoms with Gasteiger partial charge in [-0.15, -0.1) is 0 Å². The number of hydrogen-bond acceptors (Lipinski definition) is 4. The number of ether oxygens (including phenoxy) is 1. The van der Waals surface area contributed by atoms with Crippen LogP contribution in [-0.2, 0) is 20.7 Å². The van der Waals surface area contributed by atoms with Crippen molar-refractivity contribution in [1.29, 1.82) is 0 Å². The predicted octanol–water partition coefficient (Wildman–Crippen LogP) is 2.30. The van der Waals surface area contributed by atoms with Crippen LogP contribution in [0.25, 0.3) is 0 Å². The van der Waals surface area contributed by atoms with Crippen molar-refractivity contribution < 1.29 is 29.3 Å². The van der Waals surface area contributed by atoms with Gasteiger partial charge in [0, 0.05) is 6.92 Å². The van der Waals surface area contributed by atoms with Gasteiger partial charge in [-0.2, -0.15) is 0 Å². The molecule has 0 aliphatic rings. The van der Waals surface area contributed by atoms with Crippen molar-refractivity contribution in [2.75, 3.05) is 0 Å². The second-order valence-electron chi connectivity index (χ2n) is 3.69. The summed E-state index contributed by atoms with van der Waals surface area (Å²) in [5, 5.41) is 15.9. The van der Waals surface area contributed by atoms with E-state index in [-0.39, 0.29) is 17.0 Å². The fraction of sp³-hybridized carbons (Fsp3) is 0.308. The normalized spacial score (nSPS) is 10.8. The molecule has 20 heavy (non-hydrogen) atoms. The summed E-state index contributed by atoms with van der Waals surface area (Å²) < 4.78 is 4.87. The number of rotatable bonds is 4. The molecule has 1 atom stereocenters. The molecular formula is C13H15BrO6. The first kappa shape index (κ1) is 18.1. The number of carboxylic acid groups (broad SMARTS) is 2. The minimum absolute atomic E-state index is 0.0432. The number of carbonyl (C=O) groups excluding carboxylic acids is 1. The maximum atomic E-state index is 11.4. The Morgan fingerprint density at radius 3 is 2.20 bits per heavy atom. The average molecular weight is 347 g/mol. The van der Waals surface area contributed by atoms with E-state index in [0.29, 0.717) is 5.56 Å². The molecule has 0 saturated heterocycles. The number of hydrogen-bond donors (Lipinski definition) is 2. The largest absolute Gasteiger partial charge is 0.481 e. The van der Waals surface area contributed by atoms with E-state index < -0.39 is 17.9 Å². The van der Waals surface area contributed by atoms with Crippen molar-refractivity contribution in [3.63, 3.8) is 0 Å². The van der Waals surface area contributed by atoms with Gasteiger partial charge in [0.15, 0.2) is 5.01 Å². The van der Waals surface area contributed by atoms with Gasteiger partial charge >= 0.3 is 11.9 Å². The molecule has 0 spiro atoms. The number of esters is 1. The highest BCUT2D eigenvalue weighted by Crippen LogP contribution is 2.11. The Bertz CT molecular complexity index is 480. The number of benzene rings is 1. The van der Waals surface area contributed by atoms with Crippen molar-refractivity contribution in [2.45, 2.75) is 25.3 Å². The third-order valence-electron chi connectivity index (χ3n) is 1.88.